The zero-order chi connectivity index (χ0) is 19.0. The van der Waals surface area contributed by atoms with Crippen molar-refractivity contribution in [1.82, 2.24) is 4.90 Å². The summed E-state index contributed by atoms with van der Waals surface area (Å²) < 4.78 is 0. The minimum atomic E-state index is -0.00740. The fourth-order valence-electron chi connectivity index (χ4n) is 3.84. The lowest BCUT2D eigenvalue weighted by atomic mass is 10.0. The van der Waals surface area contributed by atoms with Gasteiger partial charge in [0, 0.05) is 38.3 Å². The van der Waals surface area contributed by atoms with Crippen molar-refractivity contribution in [3.63, 3.8) is 0 Å². The normalized spacial score (nSPS) is 12.9. The Morgan fingerprint density at radius 3 is 2.63 bits per heavy atom. The van der Waals surface area contributed by atoms with Crippen molar-refractivity contribution < 1.29 is 9.59 Å². The number of hydrogen-bond donors (Lipinski definition) is 0. The van der Waals surface area contributed by atoms with E-state index >= 15 is 0 Å². The van der Waals surface area contributed by atoms with Gasteiger partial charge < -0.3 is 9.80 Å². The first-order valence-electron chi connectivity index (χ1n) is 9.18. The summed E-state index contributed by atoms with van der Waals surface area (Å²) in [6.45, 7) is 2.82. The Balaban J connectivity index is 1.57. The van der Waals surface area contributed by atoms with Gasteiger partial charge in [0.15, 0.2) is 0 Å². The highest BCUT2D eigenvalue weighted by Gasteiger charge is 2.24. The minimum Gasteiger partial charge on any atom is -0.337 e. The van der Waals surface area contributed by atoms with Crippen LogP contribution in [0.4, 0.5) is 5.69 Å². The first kappa shape index (κ1) is 17.3. The van der Waals surface area contributed by atoms with Crippen molar-refractivity contribution in [2.75, 3.05) is 18.5 Å². The van der Waals surface area contributed by atoms with Gasteiger partial charge in [0.1, 0.15) is 0 Å². The summed E-state index contributed by atoms with van der Waals surface area (Å²) in [5.41, 5.74) is 3.79. The second-order valence-corrected chi connectivity index (χ2v) is 7.06. The number of anilines is 1. The molecule has 4 rings (SSSR count). The van der Waals surface area contributed by atoms with Crippen LogP contribution in [-0.4, -0.2) is 30.3 Å². The fraction of sp³-hybridized carbons (Fsp3) is 0.217. The molecule has 0 radical (unpaired) electrons. The molecular formula is C23H22N2O2. The maximum atomic E-state index is 12.9. The van der Waals surface area contributed by atoms with Crippen LogP contribution in [0.5, 0.6) is 0 Å². The number of nitrogens with zero attached hydrogens (tertiary/aromatic N) is 2. The number of rotatable bonds is 3. The molecule has 0 unspecified atom stereocenters. The van der Waals surface area contributed by atoms with Crippen LogP contribution in [0.15, 0.2) is 60.7 Å². The Kier molecular flexibility index (Phi) is 4.40. The molecule has 0 bridgehead atoms. The van der Waals surface area contributed by atoms with Crippen LogP contribution in [0.25, 0.3) is 10.8 Å². The molecule has 1 aliphatic heterocycles. The molecule has 0 spiro atoms. The Morgan fingerprint density at radius 2 is 1.81 bits per heavy atom. The molecule has 3 aromatic carbocycles. The van der Waals surface area contributed by atoms with E-state index in [1.165, 1.54) is 10.8 Å². The molecule has 3 aromatic rings. The summed E-state index contributed by atoms with van der Waals surface area (Å²) in [6, 6.07) is 20.1. The third-order valence-electron chi connectivity index (χ3n) is 5.24. The summed E-state index contributed by atoms with van der Waals surface area (Å²) in [7, 11) is 1.83. The topological polar surface area (TPSA) is 40.6 Å². The largest absolute Gasteiger partial charge is 0.337 e. The molecule has 136 valence electrons. The van der Waals surface area contributed by atoms with Crippen molar-refractivity contribution in [3.05, 3.63) is 77.4 Å². The molecule has 0 atom stereocenters. The van der Waals surface area contributed by atoms with Gasteiger partial charge in [-0.2, -0.15) is 0 Å². The molecule has 0 aliphatic carbocycles. The highest BCUT2D eigenvalue weighted by atomic mass is 16.2. The van der Waals surface area contributed by atoms with E-state index in [-0.39, 0.29) is 11.8 Å². The average Bonchev–Trinajstić information content (AvgIpc) is 3.11. The van der Waals surface area contributed by atoms with E-state index in [0.29, 0.717) is 18.7 Å². The molecule has 4 heteroatoms. The lowest BCUT2D eigenvalue weighted by Crippen LogP contribution is -2.27. The molecule has 0 saturated carbocycles. The van der Waals surface area contributed by atoms with E-state index < -0.39 is 0 Å². The fourth-order valence-corrected chi connectivity index (χ4v) is 3.84. The quantitative estimate of drug-likeness (QED) is 0.709. The maximum absolute atomic E-state index is 12.9. The lowest BCUT2D eigenvalue weighted by Gasteiger charge is -2.19. The molecule has 4 nitrogen and oxygen atoms in total. The SMILES string of the molecule is CC(=O)N1CCc2cc(C(=O)N(C)Cc3cccc4ccccc34)ccc21. The number of carbonyl (C=O) groups is 2. The molecule has 0 N–H and O–H groups in total. The summed E-state index contributed by atoms with van der Waals surface area (Å²) in [4.78, 5) is 28.2. The molecular weight excluding hydrogens is 336 g/mol. The monoisotopic (exact) mass is 358 g/mol. The van der Waals surface area contributed by atoms with Gasteiger partial charge in [0.05, 0.1) is 0 Å². The van der Waals surface area contributed by atoms with E-state index in [4.69, 9.17) is 0 Å². The van der Waals surface area contributed by atoms with E-state index in [2.05, 4.69) is 24.3 Å². The van der Waals surface area contributed by atoms with Gasteiger partial charge in [-0.3, -0.25) is 9.59 Å². The average molecular weight is 358 g/mol. The highest BCUT2D eigenvalue weighted by Crippen LogP contribution is 2.29. The van der Waals surface area contributed by atoms with Crippen LogP contribution < -0.4 is 4.90 Å². The van der Waals surface area contributed by atoms with Gasteiger partial charge in [-0.05, 0) is 46.5 Å². The molecule has 1 heterocycles. The maximum Gasteiger partial charge on any atom is 0.253 e. The Bertz CT molecular complexity index is 1040. The zero-order valence-electron chi connectivity index (χ0n) is 15.6. The zero-order valence-corrected chi connectivity index (χ0v) is 15.6. The third-order valence-corrected chi connectivity index (χ3v) is 5.24. The molecule has 0 fully saturated rings. The van der Waals surface area contributed by atoms with E-state index in [1.807, 2.05) is 43.4 Å². The summed E-state index contributed by atoms with van der Waals surface area (Å²) in [5.74, 6) is 0.0351. The summed E-state index contributed by atoms with van der Waals surface area (Å²) in [5, 5.41) is 2.35. The Morgan fingerprint density at radius 1 is 1.04 bits per heavy atom. The van der Waals surface area contributed by atoms with Crippen molar-refractivity contribution in [1.29, 1.82) is 0 Å². The lowest BCUT2D eigenvalue weighted by molar-refractivity contribution is -0.116. The van der Waals surface area contributed by atoms with Gasteiger partial charge >= 0.3 is 0 Å². The van der Waals surface area contributed by atoms with Crippen LogP contribution in [0.1, 0.15) is 28.4 Å². The molecule has 1 aliphatic rings. The van der Waals surface area contributed by atoms with Gasteiger partial charge in [-0.25, -0.2) is 0 Å². The summed E-state index contributed by atoms with van der Waals surface area (Å²) in [6.07, 6.45) is 0.795. The van der Waals surface area contributed by atoms with E-state index in [9.17, 15) is 9.59 Å². The Hall–Kier alpha value is -3.14. The van der Waals surface area contributed by atoms with Crippen molar-refractivity contribution in [2.45, 2.75) is 19.9 Å². The van der Waals surface area contributed by atoms with Crippen LogP contribution in [0, 0.1) is 0 Å². The van der Waals surface area contributed by atoms with Crippen LogP contribution >= 0.6 is 0 Å². The molecule has 0 aromatic heterocycles. The molecule has 27 heavy (non-hydrogen) atoms. The molecule has 0 saturated heterocycles. The number of hydrogen-bond acceptors (Lipinski definition) is 2. The van der Waals surface area contributed by atoms with Gasteiger partial charge in [-0.15, -0.1) is 0 Å². The highest BCUT2D eigenvalue weighted by molar-refractivity contribution is 5.98. The minimum absolute atomic E-state index is 0.00740. The van der Waals surface area contributed by atoms with Gasteiger partial charge in [-0.1, -0.05) is 42.5 Å². The number of carbonyl (C=O) groups excluding carboxylic acids is 2. The predicted octanol–water partition coefficient (Wildman–Crippen LogP) is 4.02. The van der Waals surface area contributed by atoms with Crippen LogP contribution in [0.3, 0.4) is 0 Å². The van der Waals surface area contributed by atoms with Crippen molar-refractivity contribution in [3.8, 4) is 0 Å². The second-order valence-electron chi connectivity index (χ2n) is 7.06. The van der Waals surface area contributed by atoms with E-state index in [0.717, 1.165) is 23.2 Å². The Labute approximate surface area is 159 Å². The van der Waals surface area contributed by atoms with Crippen LogP contribution in [0.2, 0.25) is 0 Å². The number of benzene rings is 3. The standard InChI is InChI=1S/C23H22N2O2/c1-16(26)25-13-12-18-14-19(10-11-22(18)25)23(27)24(2)15-20-8-5-7-17-6-3-4-9-21(17)20/h3-11,14H,12-13,15H2,1-2H3. The first-order chi connectivity index (χ1) is 13.0. The van der Waals surface area contributed by atoms with Crippen molar-refractivity contribution in [2.24, 2.45) is 0 Å². The van der Waals surface area contributed by atoms with Crippen molar-refractivity contribution >= 4 is 28.3 Å². The molecule has 2 amide bonds. The second kappa shape index (κ2) is 6.88. The number of fused-ring (bicyclic) bond motifs is 2. The van der Waals surface area contributed by atoms with E-state index in [1.54, 1.807) is 16.7 Å². The van der Waals surface area contributed by atoms with Gasteiger partial charge in [0.25, 0.3) is 5.91 Å². The van der Waals surface area contributed by atoms with Gasteiger partial charge in [0.2, 0.25) is 5.91 Å². The number of amides is 2. The first-order valence-corrected chi connectivity index (χ1v) is 9.18. The van der Waals surface area contributed by atoms with Crippen LogP contribution in [-0.2, 0) is 17.8 Å². The third kappa shape index (κ3) is 3.19. The predicted molar refractivity (Wildman–Crippen MR) is 108 cm³/mol. The summed E-state index contributed by atoms with van der Waals surface area (Å²) >= 11 is 0. The smallest absolute Gasteiger partial charge is 0.253 e.